The summed E-state index contributed by atoms with van der Waals surface area (Å²) >= 11 is 0. The first-order valence-corrected chi connectivity index (χ1v) is 9.59. The van der Waals surface area contributed by atoms with Crippen molar-refractivity contribution in [2.75, 3.05) is 31.9 Å². The molecule has 0 radical (unpaired) electrons. The summed E-state index contributed by atoms with van der Waals surface area (Å²) < 4.78 is 1.31. The number of aromatic nitrogens is 6. The molecule has 2 aromatic heterocycles. The number of H-pyrrole nitrogens is 1. The van der Waals surface area contributed by atoms with E-state index in [9.17, 15) is 9.59 Å². The molecule has 2 saturated heterocycles. The molecule has 4 heterocycles. The maximum absolute atomic E-state index is 12.7. The smallest absolute Gasteiger partial charge is 0.244 e. The molecule has 1 spiro atoms. The monoisotopic (exact) mass is 387 g/mol. The minimum absolute atomic E-state index is 0.0391. The molecule has 11 heteroatoms. The second kappa shape index (κ2) is 7.56. The number of nitrogen functional groups attached to an aromatic ring is 1. The quantitative estimate of drug-likeness (QED) is 0.702. The Morgan fingerprint density at radius 2 is 2.21 bits per heavy atom. The van der Waals surface area contributed by atoms with E-state index in [1.165, 1.54) is 4.68 Å². The zero-order chi connectivity index (χ0) is 19.6. The number of carbonyl (C=O) groups is 2. The third-order valence-electron chi connectivity index (χ3n) is 5.81. The van der Waals surface area contributed by atoms with Crippen LogP contribution in [0, 0.1) is 5.41 Å². The van der Waals surface area contributed by atoms with Gasteiger partial charge in [-0.05, 0) is 29.7 Å². The highest BCUT2D eigenvalue weighted by Crippen LogP contribution is 2.39. The molecule has 0 aliphatic carbocycles. The summed E-state index contributed by atoms with van der Waals surface area (Å²) in [5, 5.41) is 10.8. The highest BCUT2D eigenvalue weighted by atomic mass is 16.2. The molecule has 2 aliphatic heterocycles. The number of nitrogens with two attached hydrogens (primary N) is 1. The average molecular weight is 387 g/mol. The van der Waals surface area contributed by atoms with E-state index in [1.54, 1.807) is 12.5 Å². The molecule has 0 bridgehead atoms. The number of nitrogens with one attached hydrogen (secondary N) is 1. The Balaban J connectivity index is 1.39. The number of nitrogens with zero attached hydrogens (tertiary/aromatic N) is 7. The average Bonchev–Trinajstić information content (AvgIpc) is 3.35. The maximum Gasteiger partial charge on any atom is 0.244 e. The lowest BCUT2D eigenvalue weighted by atomic mass is 9.73. The number of rotatable bonds is 5. The zero-order valence-electron chi connectivity index (χ0n) is 15.8. The summed E-state index contributed by atoms with van der Waals surface area (Å²) in [7, 11) is 0. The molecule has 4 rings (SSSR count). The third kappa shape index (κ3) is 3.82. The van der Waals surface area contributed by atoms with Crippen molar-refractivity contribution in [1.82, 2.24) is 40.0 Å². The van der Waals surface area contributed by atoms with Gasteiger partial charge in [-0.25, -0.2) is 9.67 Å². The molecular formula is C17H25N9O2. The molecule has 2 amide bonds. The van der Waals surface area contributed by atoms with Crippen LogP contribution in [0.3, 0.4) is 0 Å². The fourth-order valence-electron chi connectivity index (χ4n) is 4.29. The van der Waals surface area contributed by atoms with Crippen LogP contribution in [0.15, 0.2) is 12.5 Å². The lowest BCUT2D eigenvalue weighted by Crippen LogP contribution is -2.55. The second-order valence-electron chi connectivity index (χ2n) is 7.76. The van der Waals surface area contributed by atoms with Gasteiger partial charge in [0.25, 0.3) is 0 Å². The predicted octanol–water partition coefficient (Wildman–Crippen LogP) is -0.548. The van der Waals surface area contributed by atoms with E-state index in [0.717, 1.165) is 31.4 Å². The molecule has 1 unspecified atom stereocenters. The van der Waals surface area contributed by atoms with E-state index in [1.807, 2.05) is 9.80 Å². The maximum atomic E-state index is 12.7. The van der Waals surface area contributed by atoms with Crippen LogP contribution in [0.5, 0.6) is 0 Å². The first-order valence-electron chi connectivity index (χ1n) is 9.59. The Morgan fingerprint density at radius 3 is 2.96 bits per heavy atom. The van der Waals surface area contributed by atoms with E-state index in [0.29, 0.717) is 32.6 Å². The van der Waals surface area contributed by atoms with Gasteiger partial charge in [0, 0.05) is 56.3 Å². The van der Waals surface area contributed by atoms with Crippen molar-refractivity contribution >= 4 is 17.8 Å². The van der Waals surface area contributed by atoms with Crippen molar-refractivity contribution < 1.29 is 9.59 Å². The highest BCUT2D eigenvalue weighted by Gasteiger charge is 2.42. The molecule has 1 atom stereocenters. The van der Waals surface area contributed by atoms with Gasteiger partial charge in [0.2, 0.25) is 17.8 Å². The second-order valence-corrected chi connectivity index (χ2v) is 7.76. The lowest BCUT2D eigenvalue weighted by Gasteiger charge is -2.48. The van der Waals surface area contributed by atoms with Gasteiger partial charge in [0.05, 0.1) is 6.33 Å². The molecule has 11 nitrogen and oxygen atoms in total. The zero-order valence-corrected chi connectivity index (χ0v) is 15.8. The van der Waals surface area contributed by atoms with Crippen molar-refractivity contribution in [2.24, 2.45) is 5.41 Å². The highest BCUT2D eigenvalue weighted by molar-refractivity contribution is 5.78. The number of amides is 2. The number of anilines is 1. The topological polar surface area (TPSA) is 139 Å². The first-order chi connectivity index (χ1) is 13.5. The van der Waals surface area contributed by atoms with Crippen molar-refractivity contribution in [3.05, 3.63) is 18.2 Å². The van der Waals surface area contributed by atoms with Crippen LogP contribution in [0.1, 0.15) is 31.4 Å². The van der Waals surface area contributed by atoms with Crippen LogP contribution in [0.25, 0.3) is 0 Å². The number of aromatic amines is 1. The number of imidazole rings is 1. The summed E-state index contributed by atoms with van der Waals surface area (Å²) in [5.41, 5.74) is 6.65. The van der Waals surface area contributed by atoms with Crippen molar-refractivity contribution in [2.45, 2.75) is 38.6 Å². The Hall–Kier alpha value is -2.98. The molecule has 2 aromatic rings. The molecule has 150 valence electrons. The Kier molecular flexibility index (Phi) is 4.97. The van der Waals surface area contributed by atoms with Gasteiger partial charge in [-0.2, -0.15) is 0 Å². The summed E-state index contributed by atoms with van der Waals surface area (Å²) in [6.45, 7) is 2.76. The number of likely N-dealkylation sites (tertiary alicyclic amines) is 2. The minimum Gasteiger partial charge on any atom is -0.367 e. The molecular weight excluding hydrogens is 362 g/mol. The predicted molar refractivity (Wildman–Crippen MR) is 98.6 cm³/mol. The largest absolute Gasteiger partial charge is 0.367 e. The van der Waals surface area contributed by atoms with Gasteiger partial charge in [-0.1, -0.05) is 5.10 Å². The van der Waals surface area contributed by atoms with Gasteiger partial charge in [-0.3, -0.25) is 9.59 Å². The molecule has 2 fully saturated rings. The summed E-state index contributed by atoms with van der Waals surface area (Å²) in [6, 6.07) is 0. The van der Waals surface area contributed by atoms with Crippen LogP contribution >= 0.6 is 0 Å². The van der Waals surface area contributed by atoms with Crippen LogP contribution in [-0.2, 0) is 22.6 Å². The van der Waals surface area contributed by atoms with Gasteiger partial charge < -0.3 is 20.5 Å². The van der Waals surface area contributed by atoms with Crippen LogP contribution in [0.2, 0.25) is 0 Å². The Morgan fingerprint density at radius 1 is 1.32 bits per heavy atom. The SMILES string of the molecule is Nc1nnnn1CC(=O)N1CCCC2(CCC(=O)N(CCc3cnc[nH]3)C2)C1. The van der Waals surface area contributed by atoms with E-state index in [4.69, 9.17) is 5.73 Å². The molecule has 0 aromatic carbocycles. The fourth-order valence-corrected chi connectivity index (χ4v) is 4.29. The van der Waals surface area contributed by atoms with Gasteiger partial charge >= 0.3 is 0 Å². The Bertz CT molecular complexity index is 834. The molecule has 0 saturated carbocycles. The van der Waals surface area contributed by atoms with Gasteiger partial charge in [-0.15, -0.1) is 0 Å². The standard InChI is InChI=1S/C17H25N9O2/c18-16-21-22-23-26(16)9-15(28)24-6-1-4-17(10-24)5-2-14(27)25(11-17)7-3-13-8-19-12-20-13/h8,12H,1-7,9-11H2,(H,19,20)(H2,18,21,23). The summed E-state index contributed by atoms with van der Waals surface area (Å²) in [6.07, 6.45) is 7.50. The van der Waals surface area contributed by atoms with Gasteiger partial charge in [0.1, 0.15) is 6.54 Å². The number of hydrogen-bond acceptors (Lipinski definition) is 7. The number of piperidine rings is 2. The fraction of sp³-hybridized carbons (Fsp3) is 0.647. The van der Waals surface area contributed by atoms with Crippen LogP contribution in [-0.4, -0.2) is 78.0 Å². The number of hydrogen-bond donors (Lipinski definition) is 2. The normalized spacial score (nSPS) is 22.8. The van der Waals surface area contributed by atoms with E-state index in [-0.39, 0.29) is 29.7 Å². The van der Waals surface area contributed by atoms with Crippen molar-refractivity contribution in [3.63, 3.8) is 0 Å². The van der Waals surface area contributed by atoms with Crippen LogP contribution < -0.4 is 5.73 Å². The number of tetrazole rings is 1. The third-order valence-corrected chi connectivity index (χ3v) is 5.81. The van der Waals surface area contributed by atoms with Crippen LogP contribution in [0.4, 0.5) is 5.95 Å². The first kappa shape index (κ1) is 18.4. The molecule has 28 heavy (non-hydrogen) atoms. The minimum atomic E-state index is -0.0426. The lowest BCUT2D eigenvalue weighted by molar-refractivity contribution is -0.143. The van der Waals surface area contributed by atoms with Gasteiger partial charge in [0.15, 0.2) is 0 Å². The van der Waals surface area contributed by atoms with Crippen molar-refractivity contribution in [1.29, 1.82) is 0 Å². The van der Waals surface area contributed by atoms with E-state index >= 15 is 0 Å². The van der Waals surface area contributed by atoms with Crippen molar-refractivity contribution in [3.8, 4) is 0 Å². The molecule has 2 aliphatic rings. The van der Waals surface area contributed by atoms with E-state index in [2.05, 4.69) is 25.5 Å². The Labute approximate surface area is 162 Å². The summed E-state index contributed by atoms with van der Waals surface area (Å²) in [4.78, 5) is 36.1. The van der Waals surface area contributed by atoms with E-state index < -0.39 is 0 Å². The summed E-state index contributed by atoms with van der Waals surface area (Å²) in [5.74, 6) is 0.280. The molecule has 3 N–H and O–H groups in total. The number of carbonyl (C=O) groups excluding carboxylic acids is 2.